The number of amides is 1. The maximum Gasteiger partial charge on any atom is 0.258 e. The second-order valence-corrected chi connectivity index (χ2v) is 6.47. The van der Waals surface area contributed by atoms with Crippen molar-refractivity contribution < 1.29 is 9.53 Å². The monoisotopic (exact) mass is 352 g/mol. The minimum Gasteiger partial charge on any atom is -0.468 e. The number of nitrogens with zero attached hydrogens (tertiary/aromatic N) is 3. The van der Waals surface area contributed by atoms with Gasteiger partial charge in [0.25, 0.3) is 5.91 Å². The van der Waals surface area contributed by atoms with Gasteiger partial charge in [-0.05, 0) is 44.9 Å². The van der Waals surface area contributed by atoms with Gasteiger partial charge in [-0.2, -0.15) is 10.1 Å². The summed E-state index contributed by atoms with van der Waals surface area (Å²) in [6, 6.07) is 11.8. The Hall–Kier alpha value is -2.89. The number of hydrogen-bond donors (Lipinski definition) is 1. The zero-order valence-electron chi connectivity index (χ0n) is 15.6. The lowest BCUT2D eigenvalue weighted by molar-refractivity contribution is -0.123. The standard InChI is InChI=1S/C20H24N4O2/c1-5-14(3)21-17(25)12-26-18-11-13(2)19-15(4)23-24(20(19)22-18)16-9-7-6-8-10-16/h6-11,14H,5,12H2,1-4H3,(H,21,25)/t14-/m1/s1. The minimum atomic E-state index is -0.147. The highest BCUT2D eigenvalue weighted by Gasteiger charge is 2.15. The number of hydrogen-bond acceptors (Lipinski definition) is 4. The van der Waals surface area contributed by atoms with Crippen LogP contribution in [0.25, 0.3) is 16.7 Å². The number of aryl methyl sites for hydroxylation is 2. The van der Waals surface area contributed by atoms with E-state index in [2.05, 4.69) is 15.4 Å². The summed E-state index contributed by atoms with van der Waals surface area (Å²) < 4.78 is 7.45. The zero-order chi connectivity index (χ0) is 18.7. The van der Waals surface area contributed by atoms with E-state index in [9.17, 15) is 4.79 Å². The van der Waals surface area contributed by atoms with Gasteiger partial charge in [0.2, 0.25) is 5.88 Å². The number of carbonyl (C=O) groups excluding carboxylic acids is 1. The number of rotatable bonds is 6. The highest BCUT2D eigenvalue weighted by Crippen LogP contribution is 2.26. The number of benzene rings is 1. The number of carbonyl (C=O) groups is 1. The summed E-state index contributed by atoms with van der Waals surface area (Å²) in [7, 11) is 0. The summed E-state index contributed by atoms with van der Waals surface area (Å²) >= 11 is 0. The third kappa shape index (κ3) is 3.69. The van der Waals surface area contributed by atoms with Crippen LogP contribution in [0.5, 0.6) is 5.88 Å². The van der Waals surface area contributed by atoms with Crippen molar-refractivity contribution in [3.63, 3.8) is 0 Å². The van der Waals surface area contributed by atoms with E-state index in [1.165, 1.54) is 0 Å². The second kappa shape index (κ2) is 7.56. The van der Waals surface area contributed by atoms with Gasteiger partial charge in [-0.15, -0.1) is 0 Å². The maximum absolute atomic E-state index is 11.9. The highest BCUT2D eigenvalue weighted by molar-refractivity contribution is 5.84. The van der Waals surface area contributed by atoms with Crippen LogP contribution in [0.3, 0.4) is 0 Å². The molecule has 6 nitrogen and oxygen atoms in total. The van der Waals surface area contributed by atoms with E-state index in [0.29, 0.717) is 5.88 Å². The normalized spacial score (nSPS) is 12.2. The SMILES string of the molecule is CC[C@@H](C)NC(=O)COc1cc(C)c2c(C)nn(-c3ccccc3)c2n1. The molecule has 2 heterocycles. The van der Waals surface area contributed by atoms with Crippen molar-refractivity contribution in [2.24, 2.45) is 0 Å². The summed E-state index contributed by atoms with van der Waals surface area (Å²) in [4.78, 5) is 16.5. The Morgan fingerprint density at radius 3 is 2.69 bits per heavy atom. The van der Waals surface area contributed by atoms with Gasteiger partial charge in [0.05, 0.1) is 11.4 Å². The van der Waals surface area contributed by atoms with Crippen molar-refractivity contribution in [3.05, 3.63) is 47.7 Å². The van der Waals surface area contributed by atoms with Crippen molar-refractivity contribution in [1.82, 2.24) is 20.1 Å². The van der Waals surface area contributed by atoms with E-state index in [4.69, 9.17) is 4.74 Å². The Morgan fingerprint density at radius 2 is 2.00 bits per heavy atom. The zero-order valence-corrected chi connectivity index (χ0v) is 15.6. The molecule has 2 aromatic heterocycles. The Bertz CT molecular complexity index is 918. The van der Waals surface area contributed by atoms with Crippen molar-refractivity contribution in [1.29, 1.82) is 0 Å². The number of fused-ring (bicyclic) bond motifs is 1. The van der Waals surface area contributed by atoms with Crippen molar-refractivity contribution in [2.45, 2.75) is 40.2 Å². The number of para-hydroxylation sites is 1. The third-order valence-electron chi connectivity index (χ3n) is 4.36. The molecule has 0 saturated heterocycles. The minimum absolute atomic E-state index is 0.0548. The van der Waals surface area contributed by atoms with E-state index >= 15 is 0 Å². The molecule has 0 saturated carbocycles. The highest BCUT2D eigenvalue weighted by atomic mass is 16.5. The van der Waals surface area contributed by atoms with Gasteiger partial charge in [-0.25, -0.2) is 4.68 Å². The maximum atomic E-state index is 11.9. The van der Waals surface area contributed by atoms with Gasteiger partial charge >= 0.3 is 0 Å². The lowest BCUT2D eigenvalue weighted by Crippen LogP contribution is -2.35. The molecule has 0 aliphatic carbocycles. The molecule has 26 heavy (non-hydrogen) atoms. The van der Waals surface area contributed by atoms with Gasteiger partial charge in [-0.3, -0.25) is 4.79 Å². The summed E-state index contributed by atoms with van der Waals surface area (Å²) in [5, 5.41) is 8.52. The fourth-order valence-corrected chi connectivity index (χ4v) is 2.86. The van der Waals surface area contributed by atoms with Crippen LogP contribution in [0.4, 0.5) is 0 Å². The second-order valence-electron chi connectivity index (χ2n) is 6.47. The third-order valence-corrected chi connectivity index (χ3v) is 4.36. The Balaban J connectivity index is 1.90. The number of nitrogens with one attached hydrogen (secondary N) is 1. The summed E-state index contributed by atoms with van der Waals surface area (Å²) in [6.07, 6.45) is 0.880. The van der Waals surface area contributed by atoms with Crippen molar-refractivity contribution in [3.8, 4) is 11.6 Å². The van der Waals surface area contributed by atoms with Gasteiger partial charge in [0.15, 0.2) is 12.3 Å². The summed E-state index contributed by atoms with van der Waals surface area (Å²) in [5.41, 5.74) is 3.59. The molecule has 3 rings (SSSR count). The van der Waals surface area contributed by atoms with Crippen LogP contribution in [-0.2, 0) is 4.79 Å². The molecule has 136 valence electrons. The van der Waals surface area contributed by atoms with Crippen LogP contribution in [0.15, 0.2) is 36.4 Å². The summed E-state index contributed by atoms with van der Waals surface area (Å²) in [6.45, 7) is 7.91. The number of ether oxygens (including phenoxy) is 1. The van der Waals surface area contributed by atoms with E-state index in [0.717, 1.165) is 34.4 Å². The van der Waals surface area contributed by atoms with E-state index in [1.54, 1.807) is 0 Å². The van der Waals surface area contributed by atoms with Crippen molar-refractivity contribution in [2.75, 3.05) is 6.61 Å². The largest absolute Gasteiger partial charge is 0.468 e. The van der Waals surface area contributed by atoms with Gasteiger partial charge in [-0.1, -0.05) is 25.1 Å². The smallest absolute Gasteiger partial charge is 0.258 e. The molecule has 1 N–H and O–H groups in total. The molecule has 0 radical (unpaired) electrons. The molecule has 0 aliphatic rings. The van der Waals surface area contributed by atoms with E-state index < -0.39 is 0 Å². The molecule has 0 spiro atoms. The molecule has 0 bridgehead atoms. The fraction of sp³-hybridized carbons (Fsp3) is 0.350. The Labute approximate surface area is 153 Å². The van der Waals surface area contributed by atoms with Gasteiger partial charge in [0.1, 0.15) is 0 Å². The number of pyridine rings is 1. The summed E-state index contributed by atoms with van der Waals surface area (Å²) in [5.74, 6) is 0.276. The molecule has 6 heteroatoms. The van der Waals surface area contributed by atoms with E-state index in [-0.39, 0.29) is 18.6 Å². The lowest BCUT2D eigenvalue weighted by atomic mass is 10.2. The molecule has 1 aromatic carbocycles. The first-order valence-electron chi connectivity index (χ1n) is 8.84. The van der Waals surface area contributed by atoms with Crippen LogP contribution in [0.2, 0.25) is 0 Å². The first-order valence-corrected chi connectivity index (χ1v) is 8.84. The molecule has 3 aromatic rings. The van der Waals surface area contributed by atoms with Crippen LogP contribution < -0.4 is 10.1 Å². The Kier molecular flexibility index (Phi) is 5.21. The Morgan fingerprint density at radius 1 is 1.27 bits per heavy atom. The average molecular weight is 352 g/mol. The lowest BCUT2D eigenvalue weighted by Gasteiger charge is -2.12. The topological polar surface area (TPSA) is 69.0 Å². The molecule has 0 fully saturated rings. The molecule has 1 atom stereocenters. The van der Waals surface area contributed by atoms with Crippen molar-refractivity contribution >= 4 is 16.9 Å². The van der Waals surface area contributed by atoms with Gasteiger partial charge < -0.3 is 10.1 Å². The van der Waals surface area contributed by atoms with Crippen LogP contribution >= 0.6 is 0 Å². The average Bonchev–Trinajstić information content (AvgIpc) is 2.97. The van der Waals surface area contributed by atoms with Crippen LogP contribution in [-0.4, -0.2) is 33.3 Å². The molecule has 0 aliphatic heterocycles. The molecular formula is C20H24N4O2. The quantitative estimate of drug-likeness (QED) is 0.739. The van der Waals surface area contributed by atoms with Crippen LogP contribution in [0, 0.1) is 13.8 Å². The molecule has 1 amide bonds. The number of aromatic nitrogens is 3. The predicted octanol–water partition coefficient (Wildman–Crippen LogP) is 3.33. The van der Waals surface area contributed by atoms with E-state index in [1.807, 2.05) is 68.8 Å². The molecular weight excluding hydrogens is 328 g/mol. The predicted molar refractivity (Wildman–Crippen MR) is 102 cm³/mol. The first-order chi connectivity index (χ1) is 12.5. The van der Waals surface area contributed by atoms with Crippen LogP contribution in [0.1, 0.15) is 31.5 Å². The molecule has 0 unspecified atom stereocenters. The fourth-order valence-electron chi connectivity index (χ4n) is 2.86. The first kappa shape index (κ1) is 17.9. The van der Waals surface area contributed by atoms with Gasteiger partial charge in [0, 0.05) is 17.5 Å².